The van der Waals surface area contributed by atoms with Crippen LogP contribution in [0.25, 0.3) is 0 Å². The summed E-state index contributed by atoms with van der Waals surface area (Å²) >= 11 is 0. The molecule has 2 rings (SSSR count). The molecule has 6 nitrogen and oxygen atoms in total. The van der Waals surface area contributed by atoms with E-state index in [9.17, 15) is 9.59 Å². The Hall–Kier alpha value is -3.02. The lowest BCUT2D eigenvalue weighted by atomic mass is 10.1. The van der Waals surface area contributed by atoms with Crippen LogP contribution < -0.4 is 15.2 Å². The predicted molar refractivity (Wildman–Crippen MR) is 88.1 cm³/mol. The molecule has 126 valence electrons. The molecular formula is C18H19NO5. The van der Waals surface area contributed by atoms with Crippen LogP contribution in [0.3, 0.4) is 0 Å². The Morgan fingerprint density at radius 1 is 1.00 bits per heavy atom. The Kier molecular flexibility index (Phi) is 5.42. The smallest absolute Gasteiger partial charge is 0.339 e. The molecular weight excluding hydrogens is 310 g/mol. The van der Waals surface area contributed by atoms with Crippen molar-refractivity contribution in [2.24, 2.45) is 5.73 Å². The highest BCUT2D eigenvalue weighted by molar-refractivity contribution is 5.93. The summed E-state index contributed by atoms with van der Waals surface area (Å²) in [7, 11) is 2.99. The molecule has 0 saturated heterocycles. The van der Waals surface area contributed by atoms with E-state index < -0.39 is 18.0 Å². The van der Waals surface area contributed by atoms with Crippen molar-refractivity contribution in [2.45, 2.75) is 13.0 Å². The predicted octanol–water partition coefficient (Wildman–Crippen LogP) is 2.40. The monoisotopic (exact) mass is 329 g/mol. The number of methoxy groups -OCH3 is 2. The lowest BCUT2D eigenvalue weighted by Crippen LogP contribution is -2.26. The second-order valence-corrected chi connectivity index (χ2v) is 5.10. The largest absolute Gasteiger partial charge is 0.496 e. The molecule has 0 heterocycles. The SMILES string of the molecule is COc1cc(C(=O)OC(C(N)=O)c2ccccc2)cc(OC)c1C. The van der Waals surface area contributed by atoms with Crippen molar-refractivity contribution < 1.29 is 23.8 Å². The van der Waals surface area contributed by atoms with Crippen molar-refractivity contribution in [3.8, 4) is 11.5 Å². The van der Waals surface area contributed by atoms with Crippen LogP contribution in [-0.4, -0.2) is 26.1 Å². The van der Waals surface area contributed by atoms with Gasteiger partial charge in [0.05, 0.1) is 19.8 Å². The van der Waals surface area contributed by atoms with Crippen LogP contribution in [0.4, 0.5) is 0 Å². The van der Waals surface area contributed by atoms with Crippen LogP contribution in [0.2, 0.25) is 0 Å². The van der Waals surface area contributed by atoms with Gasteiger partial charge in [0.1, 0.15) is 11.5 Å². The van der Waals surface area contributed by atoms with Gasteiger partial charge in [-0.15, -0.1) is 0 Å². The van der Waals surface area contributed by atoms with Crippen LogP contribution >= 0.6 is 0 Å². The third-order valence-electron chi connectivity index (χ3n) is 3.57. The number of hydrogen-bond acceptors (Lipinski definition) is 5. The van der Waals surface area contributed by atoms with Gasteiger partial charge < -0.3 is 19.9 Å². The fraction of sp³-hybridized carbons (Fsp3) is 0.222. The molecule has 0 aliphatic heterocycles. The molecule has 0 aliphatic rings. The maximum absolute atomic E-state index is 12.4. The number of benzene rings is 2. The first-order chi connectivity index (χ1) is 11.5. The highest BCUT2D eigenvalue weighted by atomic mass is 16.5. The summed E-state index contributed by atoms with van der Waals surface area (Å²) in [6, 6.07) is 11.7. The molecule has 0 bridgehead atoms. The van der Waals surface area contributed by atoms with Gasteiger partial charge in [-0.1, -0.05) is 30.3 Å². The average molecular weight is 329 g/mol. The summed E-state index contributed by atoms with van der Waals surface area (Å²) in [6.07, 6.45) is -1.17. The second kappa shape index (κ2) is 7.50. The molecule has 6 heteroatoms. The zero-order chi connectivity index (χ0) is 17.7. The van der Waals surface area contributed by atoms with Gasteiger partial charge in [0.2, 0.25) is 6.10 Å². The summed E-state index contributed by atoms with van der Waals surface area (Å²) < 4.78 is 15.8. The lowest BCUT2D eigenvalue weighted by molar-refractivity contribution is -0.127. The zero-order valence-electron chi connectivity index (χ0n) is 13.7. The molecule has 2 aromatic rings. The molecule has 0 aromatic heterocycles. The molecule has 1 unspecified atom stereocenters. The molecule has 0 radical (unpaired) electrons. The van der Waals surface area contributed by atoms with Crippen molar-refractivity contribution in [2.75, 3.05) is 14.2 Å². The van der Waals surface area contributed by atoms with Crippen molar-refractivity contribution in [1.29, 1.82) is 0 Å². The molecule has 1 amide bonds. The Morgan fingerprint density at radius 3 is 2.00 bits per heavy atom. The number of rotatable bonds is 6. The summed E-state index contributed by atoms with van der Waals surface area (Å²) in [6.45, 7) is 1.81. The van der Waals surface area contributed by atoms with Crippen LogP contribution in [0.5, 0.6) is 11.5 Å². The summed E-state index contributed by atoms with van der Waals surface area (Å²) in [5.74, 6) is -0.479. The fourth-order valence-electron chi connectivity index (χ4n) is 2.30. The van der Waals surface area contributed by atoms with Gasteiger partial charge in [0.15, 0.2) is 0 Å². The Morgan fingerprint density at radius 2 is 1.54 bits per heavy atom. The normalized spacial score (nSPS) is 11.5. The molecule has 0 spiro atoms. The van der Waals surface area contributed by atoms with E-state index in [4.69, 9.17) is 19.9 Å². The van der Waals surface area contributed by atoms with Gasteiger partial charge in [-0.2, -0.15) is 0 Å². The maximum Gasteiger partial charge on any atom is 0.339 e. The number of primary amides is 1. The number of esters is 1. The molecule has 2 N–H and O–H groups in total. The second-order valence-electron chi connectivity index (χ2n) is 5.10. The molecule has 24 heavy (non-hydrogen) atoms. The van der Waals surface area contributed by atoms with E-state index in [1.54, 1.807) is 30.3 Å². The molecule has 1 atom stereocenters. The van der Waals surface area contributed by atoms with Crippen LogP contribution in [0.15, 0.2) is 42.5 Å². The van der Waals surface area contributed by atoms with Crippen LogP contribution in [-0.2, 0) is 9.53 Å². The molecule has 0 saturated carbocycles. The van der Waals surface area contributed by atoms with Crippen molar-refractivity contribution in [1.82, 2.24) is 0 Å². The van der Waals surface area contributed by atoms with E-state index >= 15 is 0 Å². The minimum Gasteiger partial charge on any atom is -0.496 e. The molecule has 0 aliphatic carbocycles. The van der Waals surface area contributed by atoms with Gasteiger partial charge in [0, 0.05) is 11.1 Å². The van der Waals surface area contributed by atoms with Crippen LogP contribution in [0.1, 0.15) is 27.6 Å². The number of carbonyl (C=O) groups is 2. The first-order valence-electron chi connectivity index (χ1n) is 7.25. The van der Waals surface area contributed by atoms with E-state index in [2.05, 4.69) is 0 Å². The van der Waals surface area contributed by atoms with E-state index in [1.807, 2.05) is 6.92 Å². The van der Waals surface area contributed by atoms with Gasteiger partial charge >= 0.3 is 5.97 Å². The summed E-state index contributed by atoms with van der Waals surface area (Å²) in [4.78, 5) is 24.1. The topological polar surface area (TPSA) is 87.9 Å². The first kappa shape index (κ1) is 17.3. The van der Waals surface area contributed by atoms with Crippen molar-refractivity contribution >= 4 is 11.9 Å². The third-order valence-corrected chi connectivity index (χ3v) is 3.57. The Bertz CT molecular complexity index is 717. The summed E-state index contributed by atoms with van der Waals surface area (Å²) in [5, 5.41) is 0. The fourth-order valence-corrected chi connectivity index (χ4v) is 2.30. The number of hydrogen-bond donors (Lipinski definition) is 1. The number of carbonyl (C=O) groups excluding carboxylic acids is 2. The van der Waals surface area contributed by atoms with Gasteiger partial charge in [-0.3, -0.25) is 4.79 Å². The van der Waals surface area contributed by atoms with E-state index in [-0.39, 0.29) is 5.56 Å². The first-order valence-corrected chi connectivity index (χ1v) is 7.25. The molecule has 0 fully saturated rings. The lowest BCUT2D eigenvalue weighted by Gasteiger charge is -2.16. The quantitative estimate of drug-likeness (QED) is 0.822. The van der Waals surface area contributed by atoms with E-state index in [0.717, 1.165) is 5.56 Å². The standard InChI is InChI=1S/C18H19NO5/c1-11-14(22-2)9-13(10-15(11)23-3)18(21)24-16(17(19)20)12-7-5-4-6-8-12/h4-10,16H,1-3H3,(H2,19,20). The summed E-state index contributed by atoms with van der Waals surface area (Å²) in [5.41, 5.74) is 6.83. The van der Waals surface area contributed by atoms with Crippen LogP contribution in [0, 0.1) is 6.92 Å². The minimum atomic E-state index is -1.17. The Labute approximate surface area is 140 Å². The maximum atomic E-state index is 12.4. The number of amides is 1. The number of nitrogens with two attached hydrogens (primary N) is 1. The molecule has 2 aromatic carbocycles. The van der Waals surface area contributed by atoms with Gasteiger partial charge in [0.25, 0.3) is 5.91 Å². The van der Waals surface area contributed by atoms with E-state index in [1.165, 1.54) is 26.4 Å². The van der Waals surface area contributed by atoms with Gasteiger partial charge in [-0.05, 0) is 19.1 Å². The average Bonchev–Trinajstić information content (AvgIpc) is 2.60. The Balaban J connectivity index is 2.32. The number of ether oxygens (including phenoxy) is 3. The van der Waals surface area contributed by atoms with Gasteiger partial charge in [-0.25, -0.2) is 4.79 Å². The highest BCUT2D eigenvalue weighted by Gasteiger charge is 2.24. The zero-order valence-corrected chi connectivity index (χ0v) is 13.7. The minimum absolute atomic E-state index is 0.205. The van der Waals surface area contributed by atoms with Crippen molar-refractivity contribution in [3.05, 3.63) is 59.2 Å². The van der Waals surface area contributed by atoms with E-state index in [0.29, 0.717) is 17.1 Å². The third kappa shape index (κ3) is 3.65. The van der Waals surface area contributed by atoms with Crippen molar-refractivity contribution in [3.63, 3.8) is 0 Å². The highest BCUT2D eigenvalue weighted by Crippen LogP contribution is 2.30.